The number of amides is 2. The normalized spacial score (nSPS) is 11.7. The van der Waals surface area contributed by atoms with Crippen LogP contribution in [0.5, 0.6) is 0 Å². The van der Waals surface area contributed by atoms with Gasteiger partial charge in [-0.15, -0.1) is 0 Å². The Morgan fingerprint density at radius 3 is 2.75 bits per heavy atom. The van der Waals surface area contributed by atoms with Gasteiger partial charge < -0.3 is 15.2 Å². The first kappa shape index (κ1) is 14.7. The first-order valence-electron chi connectivity index (χ1n) is 5.18. The van der Waals surface area contributed by atoms with E-state index in [1.54, 1.807) is 0 Å². The molecule has 0 aromatic rings. The maximum Gasteiger partial charge on any atom is 0.407 e. The van der Waals surface area contributed by atoms with Crippen LogP contribution in [0, 0.1) is 0 Å². The number of nitrogens with two attached hydrogens (primary N) is 1. The highest BCUT2D eigenvalue weighted by atomic mass is 16.5. The number of hydrazine groups is 1. The molecule has 7 heteroatoms. The van der Waals surface area contributed by atoms with Crippen molar-refractivity contribution >= 4 is 12.0 Å². The molecule has 1 unspecified atom stereocenters. The van der Waals surface area contributed by atoms with E-state index in [0.717, 1.165) is 12.8 Å². The van der Waals surface area contributed by atoms with Crippen LogP contribution < -0.4 is 16.6 Å². The minimum Gasteiger partial charge on any atom is -0.450 e. The molecule has 5 N–H and O–H groups in total. The van der Waals surface area contributed by atoms with Crippen molar-refractivity contribution in [1.29, 1.82) is 0 Å². The zero-order chi connectivity index (χ0) is 12.4. The van der Waals surface area contributed by atoms with Gasteiger partial charge in [0.15, 0.2) is 0 Å². The summed E-state index contributed by atoms with van der Waals surface area (Å²) in [5, 5.41) is 11.6. The van der Waals surface area contributed by atoms with E-state index in [2.05, 4.69) is 5.32 Å². The molecule has 0 bridgehead atoms. The van der Waals surface area contributed by atoms with Crippen LogP contribution in [0.25, 0.3) is 0 Å². The summed E-state index contributed by atoms with van der Waals surface area (Å²) >= 11 is 0. The van der Waals surface area contributed by atoms with Crippen molar-refractivity contribution < 1.29 is 19.4 Å². The Labute approximate surface area is 94.3 Å². The minimum absolute atomic E-state index is 0.0433. The molecule has 0 fully saturated rings. The molecule has 16 heavy (non-hydrogen) atoms. The molecular weight excluding hydrogens is 214 g/mol. The maximum absolute atomic E-state index is 11.0. The zero-order valence-electron chi connectivity index (χ0n) is 9.36. The van der Waals surface area contributed by atoms with Gasteiger partial charge in [-0.1, -0.05) is 13.3 Å². The maximum atomic E-state index is 11.0. The van der Waals surface area contributed by atoms with Crippen molar-refractivity contribution in [3.63, 3.8) is 0 Å². The SMILES string of the molecule is CCCCOC(=O)NCC(O)CC(=O)NN. The van der Waals surface area contributed by atoms with Crippen LogP contribution in [0.3, 0.4) is 0 Å². The van der Waals surface area contributed by atoms with E-state index in [-0.39, 0.29) is 13.0 Å². The second kappa shape index (κ2) is 8.93. The average Bonchev–Trinajstić information content (AvgIpc) is 2.26. The van der Waals surface area contributed by atoms with Crippen molar-refractivity contribution in [2.75, 3.05) is 13.2 Å². The number of hydrogen-bond donors (Lipinski definition) is 4. The van der Waals surface area contributed by atoms with Gasteiger partial charge in [0.05, 0.1) is 19.1 Å². The Bertz CT molecular complexity index is 223. The lowest BCUT2D eigenvalue weighted by Crippen LogP contribution is -2.38. The number of carbonyl (C=O) groups excluding carboxylic acids is 2. The summed E-state index contributed by atoms with van der Waals surface area (Å²) in [7, 11) is 0. The molecule has 2 amide bonds. The highest BCUT2D eigenvalue weighted by Crippen LogP contribution is 1.91. The molecule has 0 radical (unpaired) electrons. The molecule has 0 aromatic heterocycles. The third-order valence-corrected chi connectivity index (χ3v) is 1.80. The first-order chi connectivity index (χ1) is 7.60. The van der Waals surface area contributed by atoms with Crippen molar-refractivity contribution in [2.24, 2.45) is 5.84 Å². The Balaban J connectivity index is 3.54. The third-order valence-electron chi connectivity index (χ3n) is 1.80. The third kappa shape index (κ3) is 8.01. The predicted octanol–water partition coefficient (Wildman–Crippen LogP) is -0.746. The minimum atomic E-state index is -0.970. The van der Waals surface area contributed by atoms with Crippen molar-refractivity contribution in [1.82, 2.24) is 10.7 Å². The predicted molar refractivity (Wildman–Crippen MR) is 57.2 cm³/mol. The molecule has 0 heterocycles. The first-order valence-corrected chi connectivity index (χ1v) is 5.18. The van der Waals surface area contributed by atoms with Gasteiger partial charge >= 0.3 is 6.09 Å². The highest BCUT2D eigenvalue weighted by Gasteiger charge is 2.11. The molecule has 0 spiro atoms. The van der Waals surface area contributed by atoms with Crippen molar-refractivity contribution in [3.8, 4) is 0 Å². The molecule has 0 aliphatic carbocycles. The number of aliphatic hydroxyl groups is 1. The van der Waals surface area contributed by atoms with Gasteiger partial charge in [0.1, 0.15) is 0 Å². The summed E-state index contributed by atoms with van der Waals surface area (Å²) in [6, 6.07) is 0. The fraction of sp³-hybridized carbons (Fsp3) is 0.778. The van der Waals surface area contributed by atoms with E-state index in [9.17, 15) is 14.7 Å². The van der Waals surface area contributed by atoms with Crippen molar-refractivity contribution in [2.45, 2.75) is 32.3 Å². The standard InChI is InChI=1S/C9H19N3O4/c1-2-3-4-16-9(15)11-6-7(13)5-8(14)12-10/h7,13H,2-6,10H2,1H3,(H,11,15)(H,12,14). The Morgan fingerprint density at radius 2 is 2.19 bits per heavy atom. The van der Waals surface area contributed by atoms with Crippen LogP contribution in [0.4, 0.5) is 4.79 Å². The van der Waals surface area contributed by atoms with Gasteiger partial charge in [0.2, 0.25) is 5.91 Å². The molecule has 0 aromatic carbocycles. The number of alkyl carbamates (subject to hydrolysis) is 1. The molecule has 0 aliphatic rings. The van der Waals surface area contributed by atoms with Gasteiger partial charge in [0.25, 0.3) is 0 Å². The lowest BCUT2D eigenvalue weighted by Gasteiger charge is -2.11. The molecule has 0 saturated heterocycles. The second-order valence-electron chi connectivity index (χ2n) is 3.30. The Hall–Kier alpha value is -1.34. The smallest absolute Gasteiger partial charge is 0.407 e. The number of unbranched alkanes of at least 4 members (excludes halogenated alkanes) is 1. The average molecular weight is 233 g/mol. The molecular formula is C9H19N3O4. The quantitative estimate of drug-likeness (QED) is 0.200. The topological polar surface area (TPSA) is 114 Å². The number of ether oxygens (including phenoxy) is 1. The largest absolute Gasteiger partial charge is 0.450 e. The summed E-state index contributed by atoms with van der Waals surface area (Å²) in [6.45, 7) is 2.29. The van der Waals surface area contributed by atoms with E-state index in [4.69, 9.17) is 10.6 Å². The fourth-order valence-corrected chi connectivity index (χ4v) is 0.906. The van der Waals surface area contributed by atoms with Gasteiger partial charge in [-0.3, -0.25) is 10.2 Å². The molecule has 0 saturated carbocycles. The summed E-state index contributed by atoms with van der Waals surface area (Å²) in [6.07, 6.45) is 0.00655. The highest BCUT2D eigenvalue weighted by molar-refractivity contribution is 5.75. The molecule has 1 atom stereocenters. The molecule has 0 aliphatic heterocycles. The number of nitrogens with one attached hydrogen (secondary N) is 2. The number of aliphatic hydroxyl groups excluding tert-OH is 1. The van der Waals surface area contributed by atoms with Crippen LogP contribution in [-0.4, -0.2) is 36.4 Å². The lowest BCUT2D eigenvalue weighted by atomic mass is 10.2. The van der Waals surface area contributed by atoms with Crippen LogP contribution in [0.1, 0.15) is 26.2 Å². The summed E-state index contributed by atoms with van der Waals surface area (Å²) in [4.78, 5) is 21.7. The second-order valence-corrected chi connectivity index (χ2v) is 3.30. The van der Waals surface area contributed by atoms with E-state index in [0.29, 0.717) is 6.61 Å². The molecule has 7 nitrogen and oxygen atoms in total. The van der Waals surface area contributed by atoms with Gasteiger partial charge in [-0.2, -0.15) is 0 Å². The molecule has 94 valence electrons. The number of hydrogen-bond acceptors (Lipinski definition) is 5. The Morgan fingerprint density at radius 1 is 1.50 bits per heavy atom. The zero-order valence-corrected chi connectivity index (χ0v) is 9.36. The van der Waals surface area contributed by atoms with E-state index >= 15 is 0 Å². The van der Waals surface area contributed by atoms with Crippen molar-refractivity contribution in [3.05, 3.63) is 0 Å². The summed E-state index contributed by atoms with van der Waals surface area (Å²) in [5.41, 5.74) is 1.88. The summed E-state index contributed by atoms with van der Waals surface area (Å²) < 4.78 is 4.78. The van der Waals surface area contributed by atoms with E-state index < -0.39 is 18.1 Å². The van der Waals surface area contributed by atoms with Crippen LogP contribution in [0.2, 0.25) is 0 Å². The van der Waals surface area contributed by atoms with Crippen LogP contribution in [-0.2, 0) is 9.53 Å². The summed E-state index contributed by atoms with van der Waals surface area (Å²) in [5.74, 6) is 4.34. The van der Waals surface area contributed by atoms with Gasteiger partial charge in [0, 0.05) is 6.54 Å². The Kier molecular flexibility index (Phi) is 8.18. The van der Waals surface area contributed by atoms with E-state index in [1.807, 2.05) is 12.3 Å². The monoisotopic (exact) mass is 233 g/mol. The lowest BCUT2D eigenvalue weighted by molar-refractivity contribution is -0.123. The van der Waals surface area contributed by atoms with E-state index in [1.165, 1.54) is 0 Å². The fourth-order valence-electron chi connectivity index (χ4n) is 0.906. The molecule has 0 rings (SSSR count). The van der Waals surface area contributed by atoms with Gasteiger partial charge in [-0.05, 0) is 6.42 Å². The number of carbonyl (C=O) groups is 2. The van der Waals surface area contributed by atoms with Crippen LogP contribution >= 0.6 is 0 Å². The van der Waals surface area contributed by atoms with Gasteiger partial charge in [-0.25, -0.2) is 10.6 Å². The number of rotatable bonds is 7. The van der Waals surface area contributed by atoms with Crippen LogP contribution in [0.15, 0.2) is 0 Å².